The topological polar surface area (TPSA) is 77.5 Å². The van der Waals surface area contributed by atoms with Crippen LogP contribution in [0.2, 0.25) is 0 Å². The van der Waals surface area contributed by atoms with Crippen molar-refractivity contribution in [2.24, 2.45) is 5.92 Å². The Balaban J connectivity index is 2.42. The molecular weight excluding hydrogens is 264 g/mol. The summed E-state index contributed by atoms with van der Waals surface area (Å²) >= 11 is 0. The van der Waals surface area contributed by atoms with E-state index in [1.165, 1.54) is 0 Å². The van der Waals surface area contributed by atoms with E-state index in [9.17, 15) is 16.8 Å². The predicted molar refractivity (Wildman–Crippen MR) is 66.0 cm³/mol. The summed E-state index contributed by atoms with van der Waals surface area (Å²) in [6, 6.07) is 0. The summed E-state index contributed by atoms with van der Waals surface area (Å²) in [6.45, 7) is 4.26. The van der Waals surface area contributed by atoms with E-state index in [4.69, 9.17) is 4.18 Å². The van der Waals surface area contributed by atoms with Crippen LogP contribution in [0.1, 0.15) is 33.1 Å². The van der Waals surface area contributed by atoms with E-state index in [1.54, 1.807) is 0 Å². The van der Waals surface area contributed by atoms with E-state index in [2.05, 4.69) is 13.8 Å². The zero-order valence-electron chi connectivity index (χ0n) is 10.3. The molecule has 0 radical (unpaired) electrons. The Kier molecular flexibility index (Phi) is 4.97. The number of hydrogen-bond donors (Lipinski definition) is 0. The second-order valence-corrected chi connectivity index (χ2v) is 8.99. The van der Waals surface area contributed by atoms with Gasteiger partial charge in [0.2, 0.25) is 0 Å². The summed E-state index contributed by atoms with van der Waals surface area (Å²) in [7, 11) is -6.89. The summed E-state index contributed by atoms with van der Waals surface area (Å²) in [4.78, 5) is 0. The van der Waals surface area contributed by atoms with Crippen LogP contribution in [0.4, 0.5) is 0 Å². The summed E-state index contributed by atoms with van der Waals surface area (Å²) in [5.41, 5.74) is 0. The maximum Gasteiger partial charge on any atom is 0.271 e. The average Bonchev–Trinajstić information content (AvgIpc) is 2.54. The molecule has 17 heavy (non-hydrogen) atoms. The van der Waals surface area contributed by atoms with Crippen LogP contribution in [0.3, 0.4) is 0 Å². The van der Waals surface area contributed by atoms with Crippen molar-refractivity contribution in [3.8, 4) is 0 Å². The fourth-order valence-electron chi connectivity index (χ4n) is 1.75. The van der Waals surface area contributed by atoms with Crippen LogP contribution >= 0.6 is 0 Å². The monoisotopic (exact) mass is 284 g/mol. The molecule has 0 spiro atoms. The van der Waals surface area contributed by atoms with Gasteiger partial charge >= 0.3 is 0 Å². The zero-order chi connectivity index (χ0) is 13.1. The van der Waals surface area contributed by atoms with Crippen molar-refractivity contribution in [3.05, 3.63) is 0 Å². The van der Waals surface area contributed by atoms with Crippen molar-refractivity contribution < 1.29 is 21.0 Å². The van der Waals surface area contributed by atoms with Crippen molar-refractivity contribution in [2.75, 3.05) is 18.1 Å². The Morgan fingerprint density at radius 3 is 2.47 bits per heavy atom. The molecule has 0 aliphatic carbocycles. The molecular formula is C10H20O5S2. The number of sulfone groups is 1. The Labute approximate surface area is 104 Å². The predicted octanol–water partition coefficient (Wildman–Crippen LogP) is 0.956. The molecule has 0 amide bonds. The maximum absolute atomic E-state index is 11.7. The van der Waals surface area contributed by atoms with E-state index in [0.29, 0.717) is 12.3 Å². The highest BCUT2D eigenvalue weighted by Gasteiger charge is 2.37. The quantitative estimate of drug-likeness (QED) is 0.536. The number of hydrogen-bond acceptors (Lipinski definition) is 5. The average molecular weight is 284 g/mol. The third-order valence-corrected chi connectivity index (χ3v) is 6.47. The van der Waals surface area contributed by atoms with Gasteiger partial charge in [-0.1, -0.05) is 13.8 Å². The van der Waals surface area contributed by atoms with Gasteiger partial charge in [-0.3, -0.25) is 4.18 Å². The Bertz CT molecular complexity index is 435. The summed E-state index contributed by atoms with van der Waals surface area (Å²) in [5, 5.41) is -0.869. The van der Waals surface area contributed by atoms with Gasteiger partial charge in [0.15, 0.2) is 9.84 Å². The molecule has 1 fully saturated rings. The smallest absolute Gasteiger partial charge is 0.270 e. The molecule has 1 aliphatic rings. The molecule has 1 saturated heterocycles. The van der Waals surface area contributed by atoms with Gasteiger partial charge < -0.3 is 0 Å². The molecule has 0 bridgehead atoms. The van der Waals surface area contributed by atoms with Gasteiger partial charge in [0.1, 0.15) is 5.25 Å². The number of rotatable bonds is 6. The van der Waals surface area contributed by atoms with E-state index < -0.39 is 25.2 Å². The minimum absolute atomic E-state index is 0.0494. The van der Waals surface area contributed by atoms with Gasteiger partial charge in [-0.15, -0.1) is 0 Å². The van der Waals surface area contributed by atoms with Crippen molar-refractivity contribution in [2.45, 2.75) is 38.4 Å². The van der Waals surface area contributed by atoms with E-state index in [0.717, 1.165) is 6.42 Å². The van der Waals surface area contributed by atoms with E-state index in [-0.39, 0.29) is 24.5 Å². The lowest BCUT2D eigenvalue weighted by Crippen LogP contribution is -2.25. The van der Waals surface area contributed by atoms with Crippen LogP contribution in [0, 0.1) is 5.92 Å². The van der Waals surface area contributed by atoms with Crippen LogP contribution in [-0.2, 0) is 24.1 Å². The van der Waals surface area contributed by atoms with Gasteiger partial charge in [-0.25, -0.2) is 8.42 Å². The minimum atomic E-state index is -3.71. The van der Waals surface area contributed by atoms with Gasteiger partial charge in [-0.05, 0) is 25.2 Å². The van der Waals surface area contributed by atoms with Crippen molar-refractivity contribution in [3.63, 3.8) is 0 Å². The van der Waals surface area contributed by atoms with Gasteiger partial charge in [0.25, 0.3) is 10.1 Å². The minimum Gasteiger partial charge on any atom is -0.270 e. The molecule has 1 unspecified atom stereocenters. The molecule has 5 nitrogen and oxygen atoms in total. The van der Waals surface area contributed by atoms with Crippen molar-refractivity contribution in [1.82, 2.24) is 0 Å². The third kappa shape index (κ3) is 4.93. The molecule has 102 valence electrons. The first-order valence-corrected chi connectivity index (χ1v) is 9.11. The third-order valence-electron chi connectivity index (χ3n) is 2.77. The SMILES string of the molecule is CC(C)CCCOS(=O)(=O)C1CCS(=O)(=O)C1. The normalized spacial score (nSPS) is 24.3. The summed E-state index contributed by atoms with van der Waals surface area (Å²) < 4.78 is 50.6. The highest BCUT2D eigenvalue weighted by Crippen LogP contribution is 2.20. The fraction of sp³-hybridized carbons (Fsp3) is 1.00. The van der Waals surface area contributed by atoms with Gasteiger partial charge in [-0.2, -0.15) is 8.42 Å². The van der Waals surface area contributed by atoms with Crippen LogP contribution in [0.25, 0.3) is 0 Å². The van der Waals surface area contributed by atoms with Crippen molar-refractivity contribution >= 4 is 20.0 Å². The first kappa shape index (κ1) is 14.9. The summed E-state index contributed by atoms with van der Waals surface area (Å²) in [6.07, 6.45) is 1.74. The molecule has 1 aliphatic heterocycles. The van der Waals surface area contributed by atoms with E-state index >= 15 is 0 Å². The highest BCUT2D eigenvalue weighted by atomic mass is 32.2. The highest BCUT2D eigenvalue weighted by molar-refractivity contribution is 7.94. The Morgan fingerprint density at radius 2 is 2.00 bits per heavy atom. The van der Waals surface area contributed by atoms with Gasteiger partial charge in [0.05, 0.1) is 18.1 Å². The molecule has 0 N–H and O–H groups in total. The van der Waals surface area contributed by atoms with Crippen LogP contribution in [0.5, 0.6) is 0 Å². The first-order chi connectivity index (χ1) is 7.73. The fourth-order valence-corrected chi connectivity index (χ4v) is 5.68. The molecule has 0 aromatic heterocycles. The van der Waals surface area contributed by atoms with Gasteiger partial charge in [0, 0.05) is 0 Å². The molecule has 0 saturated carbocycles. The molecule has 1 rings (SSSR count). The molecule has 7 heteroatoms. The molecule has 0 aromatic carbocycles. The Morgan fingerprint density at radius 1 is 1.35 bits per heavy atom. The van der Waals surface area contributed by atoms with Crippen molar-refractivity contribution in [1.29, 1.82) is 0 Å². The lowest BCUT2D eigenvalue weighted by molar-refractivity contribution is 0.295. The van der Waals surface area contributed by atoms with E-state index in [1.807, 2.05) is 0 Å². The largest absolute Gasteiger partial charge is 0.271 e. The van der Waals surface area contributed by atoms with Crippen LogP contribution < -0.4 is 0 Å². The first-order valence-electron chi connectivity index (χ1n) is 5.81. The maximum atomic E-state index is 11.7. The lowest BCUT2D eigenvalue weighted by Gasteiger charge is -2.10. The molecule has 1 heterocycles. The van der Waals surface area contributed by atoms with Crippen LogP contribution in [-0.4, -0.2) is 40.2 Å². The Hall–Kier alpha value is -0.140. The standard InChI is InChI=1S/C10H20O5S2/c1-9(2)4-3-6-15-17(13,14)10-5-7-16(11,12)8-10/h9-10H,3-8H2,1-2H3. The molecule has 1 atom stereocenters. The second kappa shape index (κ2) is 5.67. The van der Waals surface area contributed by atoms with Crippen LogP contribution in [0.15, 0.2) is 0 Å². The zero-order valence-corrected chi connectivity index (χ0v) is 11.9. The summed E-state index contributed by atoms with van der Waals surface area (Å²) in [5.74, 6) is 0.166. The molecule has 0 aromatic rings. The second-order valence-electron chi connectivity index (χ2n) is 4.88. The lowest BCUT2D eigenvalue weighted by atomic mass is 10.1.